The summed E-state index contributed by atoms with van der Waals surface area (Å²) in [6.07, 6.45) is 0.0995. The van der Waals surface area contributed by atoms with Gasteiger partial charge in [-0.3, -0.25) is 9.36 Å². The molecule has 16 heavy (non-hydrogen) atoms. The smallest absolute Gasteiger partial charge is 0.227 e. The van der Waals surface area contributed by atoms with Crippen LogP contribution in [0.5, 0.6) is 5.75 Å². The summed E-state index contributed by atoms with van der Waals surface area (Å²) in [5.74, 6) is -1.11. The molecular weight excluding hydrogens is 204 g/mol. The van der Waals surface area contributed by atoms with Gasteiger partial charge in [0.05, 0.1) is 11.0 Å². The average molecular weight is 222 g/mol. The van der Waals surface area contributed by atoms with Gasteiger partial charge in [0.15, 0.2) is 0 Å². The van der Waals surface area contributed by atoms with E-state index in [2.05, 4.69) is 0 Å². The fourth-order valence-corrected chi connectivity index (χ4v) is 1.58. The molecule has 0 radical (unpaired) electrons. The lowest BCUT2D eigenvalue weighted by Crippen LogP contribution is -2.04. The van der Waals surface area contributed by atoms with E-state index in [9.17, 15) is 9.90 Å². The molecular formula is C12H14N2O2. The number of phenolic OH excluding ortho intramolecular Hbond substituents is 1. The van der Waals surface area contributed by atoms with E-state index in [4.69, 9.17) is 11.2 Å². The van der Waals surface area contributed by atoms with Crippen molar-refractivity contribution in [3.8, 4) is 5.75 Å². The molecule has 4 nitrogen and oxygen atoms in total. The van der Waals surface area contributed by atoms with Crippen molar-refractivity contribution in [2.45, 2.75) is 13.3 Å². The summed E-state index contributed by atoms with van der Waals surface area (Å²) in [4.78, 5) is 11.7. The van der Waals surface area contributed by atoms with Crippen molar-refractivity contribution in [1.82, 2.24) is 4.57 Å². The van der Waals surface area contributed by atoms with Crippen molar-refractivity contribution < 1.29 is 15.4 Å². The number of aromatic nitrogens is 1. The molecule has 0 spiro atoms. The Kier molecular flexibility index (Phi) is 1.67. The van der Waals surface area contributed by atoms with Crippen LogP contribution in [0.2, 0.25) is 0 Å². The van der Waals surface area contributed by atoms with E-state index in [0.29, 0.717) is 5.56 Å². The predicted octanol–water partition coefficient (Wildman–Crippen LogP) is 1.51. The number of nitrogens with zero attached hydrogens (tertiary/aromatic N) is 1. The minimum Gasteiger partial charge on any atom is -0.508 e. The van der Waals surface area contributed by atoms with Crippen molar-refractivity contribution in [3.05, 3.63) is 29.9 Å². The molecule has 0 saturated carbocycles. The van der Waals surface area contributed by atoms with Gasteiger partial charge in [0.2, 0.25) is 5.91 Å². The zero-order valence-electron chi connectivity index (χ0n) is 12.8. The highest BCUT2D eigenvalue weighted by molar-refractivity contribution is 5.94. The molecule has 0 aliphatic carbocycles. The fraction of sp³-hybridized carbons (Fsp3) is 0.250. The lowest BCUT2D eigenvalue weighted by Gasteiger charge is -1.98. The fourth-order valence-electron chi connectivity index (χ4n) is 1.58. The van der Waals surface area contributed by atoms with Crippen LogP contribution in [-0.2, 0) is 6.42 Å². The van der Waals surface area contributed by atoms with Gasteiger partial charge in [0.1, 0.15) is 5.75 Å². The minimum atomic E-state index is -0.624. The van der Waals surface area contributed by atoms with Crippen LogP contribution in [0, 0.1) is 0 Å². The van der Waals surface area contributed by atoms with Crippen LogP contribution in [0.4, 0.5) is 0 Å². The van der Waals surface area contributed by atoms with Gasteiger partial charge in [-0.1, -0.05) is 0 Å². The molecule has 3 N–H and O–H groups in total. The van der Waals surface area contributed by atoms with E-state index < -0.39 is 17.7 Å². The third-order valence-corrected chi connectivity index (χ3v) is 2.26. The topological polar surface area (TPSA) is 68.2 Å². The first kappa shape index (κ1) is 6.70. The van der Waals surface area contributed by atoms with E-state index in [-0.39, 0.29) is 42.1 Å². The number of aromatic hydroxyl groups is 1. The lowest BCUT2D eigenvalue weighted by molar-refractivity contribution is 0.0941. The Bertz CT molecular complexity index is 725. The Morgan fingerprint density at radius 1 is 1.62 bits per heavy atom. The summed E-state index contributed by atoms with van der Waals surface area (Å²) in [5.41, 5.74) is 5.83. The number of fused-ring (bicyclic) bond motifs is 1. The zero-order chi connectivity index (χ0) is 15.2. The zero-order valence-corrected chi connectivity index (χ0v) is 8.79. The first-order chi connectivity index (χ1) is 9.32. The highest BCUT2D eigenvalue weighted by atomic mass is 16.3. The summed E-state index contributed by atoms with van der Waals surface area (Å²) < 4.78 is 32.4. The molecule has 84 valence electrons. The Morgan fingerprint density at radius 3 is 3.00 bits per heavy atom. The van der Waals surface area contributed by atoms with Gasteiger partial charge in [-0.2, -0.15) is 0 Å². The van der Waals surface area contributed by atoms with Gasteiger partial charge in [0, 0.05) is 18.5 Å². The maximum absolute atomic E-state index is 11.7. The second-order valence-electron chi connectivity index (χ2n) is 3.43. The van der Waals surface area contributed by atoms with E-state index in [0.717, 1.165) is 4.57 Å². The van der Waals surface area contributed by atoms with Gasteiger partial charge in [-0.25, -0.2) is 0 Å². The Labute approximate surface area is 98.9 Å². The molecule has 2 aromatic rings. The summed E-state index contributed by atoms with van der Waals surface area (Å²) >= 11 is 0. The summed E-state index contributed by atoms with van der Waals surface area (Å²) in [5, 5.41) is 9.88. The molecule has 0 amide bonds. The Morgan fingerprint density at radius 2 is 2.38 bits per heavy atom. The highest BCUT2D eigenvalue weighted by Gasteiger charge is 2.10. The molecule has 0 atom stereocenters. The van der Waals surface area contributed by atoms with Crippen LogP contribution in [0.3, 0.4) is 0 Å². The first-order valence-electron chi connectivity index (χ1n) is 6.86. The SMILES string of the molecule is [2H]c1c(O)c([2H])c2c(CCN)c([2H])n(C(C)=O)c2c1[2H]. The number of hydrogen-bond acceptors (Lipinski definition) is 3. The molecule has 0 unspecified atom stereocenters. The summed E-state index contributed by atoms with van der Waals surface area (Å²) in [6.45, 7) is 1.45. The molecule has 4 heteroatoms. The number of carbonyl (C=O) groups is 1. The number of nitrogens with two attached hydrogens (primary N) is 1. The number of phenols is 1. The summed E-state index contributed by atoms with van der Waals surface area (Å²) in [6, 6.07) is -1.25. The van der Waals surface area contributed by atoms with Crippen LogP contribution >= 0.6 is 0 Å². The maximum Gasteiger partial charge on any atom is 0.227 e. The van der Waals surface area contributed by atoms with Gasteiger partial charge in [0.25, 0.3) is 0 Å². The third kappa shape index (κ3) is 1.67. The molecule has 1 aromatic carbocycles. The molecule has 1 aromatic heterocycles. The predicted molar refractivity (Wildman–Crippen MR) is 62.7 cm³/mol. The quantitative estimate of drug-likeness (QED) is 0.809. The van der Waals surface area contributed by atoms with E-state index >= 15 is 0 Å². The monoisotopic (exact) mass is 222 g/mol. The van der Waals surface area contributed by atoms with Gasteiger partial charge in [-0.05, 0) is 36.7 Å². The average Bonchev–Trinajstić information content (AvgIpc) is 2.68. The van der Waals surface area contributed by atoms with Crippen LogP contribution in [0.1, 0.15) is 22.8 Å². The van der Waals surface area contributed by atoms with E-state index in [1.165, 1.54) is 6.92 Å². The first-order valence-corrected chi connectivity index (χ1v) is 4.86. The molecule has 0 saturated heterocycles. The van der Waals surface area contributed by atoms with Gasteiger partial charge in [-0.15, -0.1) is 0 Å². The Balaban J connectivity index is 3.09. The molecule has 0 bridgehead atoms. The second kappa shape index (κ2) is 3.98. The third-order valence-electron chi connectivity index (χ3n) is 2.26. The minimum absolute atomic E-state index is 0.0127. The molecule has 1 heterocycles. The lowest BCUT2D eigenvalue weighted by atomic mass is 10.1. The van der Waals surface area contributed by atoms with Crippen molar-refractivity contribution in [3.63, 3.8) is 0 Å². The van der Waals surface area contributed by atoms with Crippen LogP contribution in [-0.4, -0.2) is 22.1 Å². The van der Waals surface area contributed by atoms with Crippen LogP contribution in [0.25, 0.3) is 10.9 Å². The molecule has 0 fully saturated rings. The highest BCUT2D eigenvalue weighted by Crippen LogP contribution is 2.25. The van der Waals surface area contributed by atoms with E-state index in [1.807, 2.05) is 0 Å². The van der Waals surface area contributed by atoms with Gasteiger partial charge >= 0.3 is 0 Å². The number of benzene rings is 1. The molecule has 2 rings (SSSR count). The largest absolute Gasteiger partial charge is 0.508 e. The Hall–Kier alpha value is -1.81. The molecule has 0 aliphatic rings. The number of rotatable bonds is 2. The van der Waals surface area contributed by atoms with Crippen molar-refractivity contribution >= 4 is 16.8 Å². The standard InChI is InChI=1S/C12H14N2O2/c1-8(15)14-7-9(4-5-13)11-6-10(16)2-3-12(11)14/h2-3,6-7,16H,4-5,13H2,1H3/i2D,3D,6D,7D. The number of hydrogen-bond donors (Lipinski definition) is 2. The van der Waals surface area contributed by atoms with Gasteiger partial charge < -0.3 is 10.8 Å². The number of carbonyl (C=O) groups excluding carboxylic acids is 1. The normalized spacial score (nSPS) is 14.4. The van der Waals surface area contributed by atoms with Crippen LogP contribution in [0.15, 0.2) is 24.3 Å². The van der Waals surface area contributed by atoms with Crippen molar-refractivity contribution in [2.75, 3.05) is 6.54 Å². The molecule has 0 aliphatic heterocycles. The maximum atomic E-state index is 11.7. The van der Waals surface area contributed by atoms with Crippen molar-refractivity contribution in [1.29, 1.82) is 0 Å². The van der Waals surface area contributed by atoms with Crippen LogP contribution < -0.4 is 5.73 Å². The summed E-state index contributed by atoms with van der Waals surface area (Å²) in [7, 11) is 0. The second-order valence-corrected chi connectivity index (χ2v) is 3.43. The van der Waals surface area contributed by atoms with Crippen molar-refractivity contribution in [2.24, 2.45) is 5.73 Å². The van der Waals surface area contributed by atoms with E-state index in [1.54, 1.807) is 0 Å².